The maximum atomic E-state index is 13.3. The fourth-order valence-electron chi connectivity index (χ4n) is 10.1. The van der Waals surface area contributed by atoms with Crippen LogP contribution in [0, 0.1) is 52.3 Å². The topological polar surface area (TPSA) is 61.8 Å². The van der Waals surface area contributed by atoms with E-state index in [9.17, 15) is 9.59 Å². The summed E-state index contributed by atoms with van der Waals surface area (Å²) in [4.78, 5) is 25.7. The third kappa shape index (κ3) is 2.92. The van der Waals surface area contributed by atoms with E-state index in [4.69, 9.17) is 14.2 Å². The summed E-state index contributed by atoms with van der Waals surface area (Å²) in [7, 11) is 0. The normalized spacial score (nSPS) is 55.9. The Bertz CT molecular complexity index is 912. The lowest BCUT2D eigenvalue weighted by molar-refractivity contribution is -0.254. The molecule has 12 atom stereocenters. The van der Waals surface area contributed by atoms with Gasteiger partial charge in [-0.25, -0.2) is 0 Å². The average molecular weight is 471 g/mol. The van der Waals surface area contributed by atoms with Crippen LogP contribution in [-0.4, -0.2) is 36.4 Å². The van der Waals surface area contributed by atoms with E-state index < -0.39 is 5.79 Å². The van der Waals surface area contributed by atoms with Crippen molar-refractivity contribution in [1.82, 2.24) is 0 Å². The quantitative estimate of drug-likeness (QED) is 0.383. The number of ketones is 1. The summed E-state index contributed by atoms with van der Waals surface area (Å²) in [6.07, 6.45) is 11.9. The van der Waals surface area contributed by atoms with Crippen molar-refractivity contribution in [3.63, 3.8) is 0 Å². The second kappa shape index (κ2) is 7.65. The van der Waals surface area contributed by atoms with Crippen molar-refractivity contribution in [2.75, 3.05) is 6.61 Å². The first-order valence-electron chi connectivity index (χ1n) is 13.8. The van der Waals surface area contributed by atoms with Gasteiger partial charge in [0, 0.05) is 30.6 Å². The van der Waals surface area contributed by atoms with Crippen LogP contribution in [0.5, 0.6) is 0 Å². The first kappa shape index (κ1) is 23.2. The molecule has 2 aliphatic heterocycles. The van der Waals surface area contributed by atoms with Gasteiger partial charge in [-0.15, -0.1) is 0 Å². The number of allylic oxidation sites excluding steroid dienone is 2. The van der Waals surface area contributed by atoms with Gasteiger partial charge < -0.3 is 14.2 Å². The maximum Gasteiger partial charge on any atom is 0.302 e. The van der Waals surface area contributed by atoms with Gasteiger partial charge in [-0.3, -0.25) is 9.59 Å². The van der Waals surface area contributed by atoms with Crippen LogP contribution in [0.2, 0.25) is 0 Å². The smallest absolute Gasteiger partial charge is 0.302 e. The van der Waals surface area contributed by atoms with Gasteiger partial charge in [0.1, 0.15) is 6.10 Å². The number of Topliss-reactive ketones (excluding diaryl/α,β-unsaturated/α-hetero) is 1. The zero-order valence-electron chi connectivity index (χ0n) is 21.5. The fourth-order valence-corrected chi connectivity index (χ4v) is 10.1. The van der Waals surface area contributed by atoms with Gasteiger partial charge in [0.2, 0.25) is 5.79 Å². The number of hydrogen-bond acceptors (Lipinski definition) is 5. The standard InChI is InChI=1S/C29H42O5/c1-16-12-24(31)29(32-15-16)17(2)26-23(34-29)13-22-20-10-9-19-8-6-7-11-27(19,4)21(20)14-25(28(22,26)5)33-18(3)30/h6-7,16-17,19-23,25-26H,8-15H2,1-5H3/t16-,17+,19-,20-,21+,22+,23+,25-,26+,27+,28-,29+/m1/s1. The molecule has 6 rings (SSSR count). The van der Waals surface area contributed by atoms with Crippen LogP contribution in [-0.2, 0) is 23.8 Å². The first-order chi connectivity index (χ1) is 16.1. The zero-order valence-corrected chi connectivity index (χ0v) is 21.5. The van der Waals surface area contributed by atoms with Crippen LogP contribution in [0.15, 0.2) is 12.2 Å². The first-order valence-corrected chi connectivity index (χ1v) is 13.8. The maximum absolute atomic E-state index is 13.3. The molecule has 0 radical (unpaired) electrons. The van der Waals surface area contributed by atoms with Gasteiger partial charge in [-0.05, 0) is 73.5 Å². The molecule has 1 spiro atoms. The van der Waals surface area contributed by atoms with Crippen molar-refractivity contribution in [3.8, 4) is 0 Å². The minimum atomic E-state index is -1.11. The summed E-state index contributed by atoms with van der Waals surface area (Å²) in [5, 5.41) is 0. The average Bonchev–Trinajstić information content (AvgIpc) is 3.23. The molecule has 0 aromatic carbocycles. The van der Waals surface area contributed by atoms with Crippen LogP contribution in [0.1, 0.15) is 79.6 Å². The van der Waals surface area contributed by atoms with Gasteiger partial charge in [0.15, 0.2) is 5.78 Å². The molecule has 34 heavy (non-hydrogen) atoms. The van der Waals surface area contributed by atoms with E-state index in [1.54, 1.807) is 6.92 Å². The third-order valence-electron chi connectivity index (χ3n) is 11.7. The molecule has 188 valence electrons. The monoisotopic (exact) mass is 470 g/mol. The number of rotatable bonds is 1. The summed E-state index contributed by atoms with van der Waals surface area (Å²) in [6.45, 7) is 11.2. The van der Waals surface area contributed by atoms with E-state index in [0.29, 0.717) is 30.8 Å². The number of hydrogen-bond donors (Lipinski definition) is 0. The molecule has 2 saturated heterocycles. The minimum absolute atomic E-state index is 0.00375. The molecule has 3 saturated carbocycles. The Labute approximate surface area is 204 Å². The lowest BCUT2D eigenvalue weighted by Crippen LogP contribution is -2.60. The number of ether oxygens (including phenoxy) is 3. The highest BCUT2D eigenvalue weighted by atomic mass is 16.7. The Balaban J connectivity index is 1.38. The van der Waals surface area contributed by atoms with Gasteiger partial charge in [0.05, 0.1) is 12.7 Å². The van der Waals surface area contributed by atoms with Crippen LogP contribution < -0.4 is 0 Å². The van der Waals surface area contributed by atoms with Crippen molar-refractivity contribution in [2.45, 2.75) is 97.6 Å². The number of fused-ring (bicyclic) bond motifs is 7. The lowest BCUT2D eigenvalue weighted by Gasteiger charge is -2.61. The van der Waals surface area contributed by atoms with E-state index in [0.717, 1.165) is 25.2 Å². The van der Waals surface area contributed by atoms with Crippen molar-refractivity contribution in [1.29, 1.82) is 0 Å². The zero-order chi connectivity index (χ0) is 24.0. The predicted octanol–water partition coefficient (Wildman–Crippen LogP) is 5.32. The Hall–Kier alpha value is -1.20. The van der Waals surface area contributed by atoms with Crippen molar-refractivity contribution in [3.05, 3.63) is 12.2 Å². The highest BCUT2D eigenvalue weighted by molar-refractivity contribution is 5.87. The highest BCUT2D eigenvalue weighted by Crippen LogP contribution is 2.71. The van der Waals surface area contributed by atoms with Crippen LogP contribution in [0.25, 0.3) is 0 Å². The molecule has 0 aromatic heterocycles. The van der Waals surface area contributed by atoms with Crippen LogP contribution >= 0.6 is 0 Å². The Kier molecular flexibility index (Phi) is 5.22. The van der Waals surface area contributed by atoms with E-state index in [1.165, 1.54) is 19.3 Å². The molecule has 5 fully saturated rings. The van der Waals surface area contributed by atoms with Crippen molar-refractivity contribution >= 4 is 11.8 Å². The number of esters is 1. The van der Waals surface area contributed by atoms with Gasteiger partial charge in [0.25, 0.3) is 0 Å². The molecule has 0 bridgehead atoms. The summed E-state index contributed by atoms with van der Waals surface area (Å²) in [5.74, 6) is 1.56. The van der Waals surface area contributed by atoms with Gasteiger partial charge >= 0.3 is 5.97 Å². The Morgan fingerprint density at radius 3 is 2.65 bits per heavy atom. The predicted molar refractivity (Wildman–Crippen MR) is 128 cm³/mol. The molecule has 0 amide bonds. The summed E-state index contributed by atoms with van der Waals surface area (Å²) in [5.41, 5.74) is 0.0855. The van der Waals surface area contributed by atoms with E-state index in [-0.39, 0.29) is 52.5 Å². The van der Waals surface area contributed by atoms with E-state index in [1.807, 2.05) is 0 Å². The second-order valence-electron chi connectivity index (χ2n) is 13.2. The summed E-state index contributed by atoms with van der Waals surface area (Å²) < 4.78 is 19.2. The second-order valence-corrected chi connectivity index (χ2v) is 13.2. The summed E-state index contributed by atoms with van der Waals surface area (Å²) >= 11 is 0. The largest absolute Gasteiger partial charge is 0.462 e. The third-order valence-corrected chi connectivity index (χ3v) is 11.7. The number of carbonyl (C=O) groups excluding carboxylic acids is 2. The molecule has 2 heterocycles. The molecular weight excluding hydrogens is 428 g/mol. The van der Waals surface area contributed by atoms with Crippen LogP contribution in [0.4, 0.5) is 0 Å². The molecule has 0 N–H and O–H groups in total. The van der Waals surface area contributed by atoms with Crippen LogP contribution in [0.3, 0.4) is 0 Å². The Morgan fingerprint density at radius 2 is 1.91 bits per heavy atom. The Morgan fingerprint density at radius 1 is 1.12 bits per heavy atom. The molecule has 6 aliphatic rings. The minimum Gasteiger partial charge on any atom is -0.462 e. The molecule has 4 aliphatic carbocycles. The lowest BCUT2D eigenvalue weighted by atomic mass is 9.44. The van der Waals surface area contributed by atoms with E-state index in [2.05, 4.69) is 39.8 Å². The van der Waals surface area contributed by atoms with Gasteiger partial charge in [-0.2, -0.15) is 0 Å². The molecule has 0 unspecified atom stereocenters. The van der Waals surface area contributed by atoms with Crippen molar-refractivity contribution in [2.24, 2.45) is 52.3 Å². The van der Waals surface area contributed by atoms with E-state index >= 15 is 0 Å². The molecule has 5 heteroatoms. The molecule has 5 nitrogen and oxygen atoms in total. The molecular formula is C29H42O5. The molecule has 0 aromatic rings. The fraction of sp³-hybridized carbons (Fsp3) is 0.862. The summed E-state index contributed by atoms with van der Waals surface area (Å²) in [6, 6.07) is 0. The van der Waals surface area contributed by atoms with Gasteiger partial charge in [-0.1, -0.05) is 39.8 Å². The SMILES string of the molecule is CC(=O)O[C@@H]1C[C@H]2[C@@H](CC[C@H]3CC=CC[C@@]32C)[C@@H]2C[C@@H]3O[C@@]4(OC[C@H](C)CC4=O)[C@@H](C)[C@@H]3[C@@]12C. The van der Waals surface area contributed by atoms with Crippen molar-refractivity contribution < 1.29 is 23.8 Å². The number of carbonyl (C=O) groups is 2. The highest BCUT2D eigenvalue weighted by Gasteiger charge is 2.73.